The van der Waals surface area contributed by atoms with E-state index in [0.29, 0.717) is 18.2 Å². The van der Waals surface area contributed by atoms with Gasteiger partial charge >= 0.3 is 5.97 Å². The van der Waals surface area contributed by atoms with Gasteiger partial charge in [-0.15, -0.1) is 11.8 Å². The van der Waals surface area contributed by atoms with Crippen molar-refractivity contribution in [3.8, 4) is 0 Å². The Morgan fingerprint density at radius 2 is 2.29 bits per heavy atom. The SMILES string of the molecule is O=C(O)CCCN=Cc1cc([N+](=O)[O-])ccc1SC1CC1. The minimum absolute atomic E-state index is 0.0436. The molecule has 0 aromatic heterocycles. The van der Waals surface area contributed by atoms with Crippen LogP contribution in [0.2, 0.25) is 0 Å². The number of carboxylic acid groups (broad SMARTS) is 1. The van der Waals surface area contributed by atoms with Gasteiger partial charge in [-0.25, -0.2) is 0 Å². The number of rotatable bonds is 8. The zero-order valence-electron chi connectivity index (χ0n) is 11.4. The Kier molecular flexibility index (Phi) is 5.32. The highest BCUT2D eigenvalue weighted by molar-refractivity contribution is 8.00. The number of nitrogens with zero attached hydrogens (tertiary/aromatic N) is 2. The molecule has 0 unspecified atom stereocenters. The summed E-state index contributed by atoms with van der Waals surface area (Å²) in [6.07, 6.45) is 4.51. The average Bonchev–Trinajstić information content (AvgIpc) is 3.23. The van der Waals surface area contributed by atoms with Gasteiger partial charge in [-0.3, -0.25) is 19.9 Å². The highest BCUT2D eigenvalue weighted by Crippen LogP contribution is 2.40. The van der Waals surface area contributed by atoms with Crippen molar-refractivity contribution in [2.75, 3.05) is 6.54 Å². The zero-order chi connectivity index (χ0) is 15.2. The lowest BCUT2D eigenvalue weighted by Crippen LogP contribution is -1.96. The Labute approximate surface area is 126 Å². The Morgan fingerprint density at radius 3 is 2.90 bits per heavy atom. The number of carbonyl (C=O) groups is 1. The first-order chi connectivity index (χ1) is 10.1. The molecule has 0 heterocycles. The van der Waals surface area contributed by atoms with Gasteiger partial charge in [0.15, 0.2) is 0 Å². The molecule has 21 heavy (non-hydrogen) atoms. The molecule has 1 aliphatic rings. The molecule has 1 fully saturated rings. The van der Waals surface area contributed by atoms with Crippen molar-refractivity contribution in [2.24, 2.45) is 4.99 Å². The van der Waals surface area contributed by atoms with Gasteiger partial charge in [-0.2, -0.15) is 0 Å². The molecule has 0 radical (unpaired) electrons. The van der Waals surface area contributed by atoms with E-state index in [1.165, 1.54) is 25.0 Å². The number of thioether (sulfide) groups is 1. The van der Waals surface area contributed by atoms with Gasteiger partial charge in [-0.05, 0) is 25.3 Å². The predicted octanol–water partition coefficient (Wildman–Crippen LogP) is 3.13. The Balaban J connectivity index is 2.05. The molecule has 1 aliphatic carbocycles. The van der Waals surface area contributed by atoms with Crippen LogP contribution in [0, 0.1) is 10.1 Å². The van der Waals surface area contributed by atoms with Gasteiger partial charge in [0.25, 0.3) is 5.69 Å². The zero-order valence-corrected chi connectivity index (χ0v) is 12.2. The summed E-state index contributed by atoms with van der Waals surface area (Å²) in [5, 5.41) is 20.0. The molecular formula is C14H16N2O4S. The average molecular weight is 308 g/mol. The fourth-order valence-electron chi connectivity index (χ4n) is 1.71. The van der Waals surface area contributed by atoms with Gasteiger partial charge in [0, 0.05) is 47.0 Å². The lowest BCUT2D eigenvalue weighted by atomic mass is 10.2. The molecule has 0 spiro atoms. The van der Waals surface area contributed by atoms with Crippen LogP contribution in [0.3, 0.4) is 0 Å². The minimum atomic E-state index is -0.842. The number of nitro benzene ring substituents is 1. The summed E-state index contributed by atoms with van der Waals surface area (Å²) in [5.74, 6) is -0.842. The van der Waals surface area contributed by atoms with E-state index in [-0.39, 0.29) is 12.1 Å². The lowest BCUT2D eigenvalue weighted by Gasteiger charge is -2.04. The maximum Gasteiger partial charge on any atom is 0.303 e. The van der Waals surface area contributed by atoms with Crippen molar-refractivity contribution in [2.45, 2.75) is 35.8 Å². The number of nitro groups is 1. The molecule has 1 aromatic rings. The van der Waals surface area contributed by atoms with Crippen LogP contribution in [0.25, 0.3) is 0 Å². The Hall–Kier alpha value is -1.89. The number of non-ortho nitro benzene ring substituents is 1. The van der Waals surface area contributed by atoms with Gasteiger partial charge in [0.1, 0.15) is 0 Å². The van der Waals surface area contributed by atoms with Crippen LogP contribution in [0.4, 0.5) is 5.69 Å². The molecule has 6 nitrogen and oxygen atoms in total. The first kappa shape index (κ1) is 15.5. The second-order valence-corrected chi connectivity index (χ2v) is 6.17. The van der Waals surface area contributed by atoms with Crippen LogP contribution in [0.15, 0.2) is 28.1 Å². The molecule has 1 saturated carbocycles. The van der Waals surface area contributed by atoms with Gasteiger partial charge in [-0.1, -0.05) is 0 Å². The molecule has 0 saturated heterocycles. The van der Waals surface area contributed by atoms with E-state index in [2.05, 4.69) is 4.99 Å². The second-order valence-electron chi connectivity index (χ2n) is 4.83. The summed E-state index contributed by atoms with van der Waals surface area (Å²) in [6, 6.07) is 4.79. The van der Waals surface area contributed by atoms with Crippen molar-refractivity contribution < 1.29 is 14.8 Å². The molecule has 1 N–H and O–H groups in total. The van der Waals surface area contributed by atoms with E-state index in [1.807, 2.05) is 0 Å². The number of carboxylic acids is 1. The van der Waals surface area contributed by atoms with Crippen LogP contribution < -0.4 is 0 Å². The molecule has 0 atom stereocenters. The van der Waals surface area contributed by atoms with Crippen LogP contribution in [-0.4, -0.2) is 34.0 Å². The molecule has 1 aromatic carbocycles. The van der Waals surface area contributed by atoms with Crippen LogP contribution in [0.5, 0.6) is 0 Å². The predicted molar refractivity (Wildman–Crippen MR) is 81.3 cm³/mol. The smallest absolute Gasteiger partial charge is 0.303 e. The fourth-order valence-corrected chi connectivity index (χ4v) is 2.83. The monoisotopic (exact) mass is 308 g/mol. The maximum atomic E-state index is 10.8. The number of hydrogen-bond acceptors (Lipinski definition) is 5. The van der Waals surface area contributed by atoms with Gasteiger partial charge in [0.05, 0.1) is 4.92 Å². The maximum absolute atomic E-state index is 10.8. The molecule has 112 valence electrons. The van der Waals surface area contributed by atoms with Crippen LogP contribution in [-0.2, 0) is 4.79 Å². The number of aliphatic carboxylic acids is 1. The largest absolute Gasteiger partial charge is 0.481 e. The van der Waals surface area contributed by atoms with Crippen LogP contribution >= 0.6 is 11.8 Å². The van der Waals surface area contributed by atoms with Crippen molar-refractivity contribution in [3.63, 3.8) is 0 Å². The Morgan fingerprint density at radius 1 is 1.52 bits per heavy atom. The highest BCUT2D eigenvalue weighted by Gasteiger charge is 2.24. The van der Waals surface area contributed by atoms with Gasteiger partial charge in [0.2, 0.25) is 0 Å². The summed E-state index contributed by atoms with van der Waals surface area (Å²) in [5.41, 5.74) is 0.776. The summed E-state index contributed by atoms with van der Waals surface area (Å²) >= 11 is 1.72. The second kappa shape index (κ2) is 7.21. The van der Waals surface area contributed by atoms with E-state index in [9.17, 15) is 14.9 Å². The third-order valence-electron chi connectivity index (χ3n) is 2.93. The molecule has 0 aliphatic heterocycles. The summed E-state index contributed by atoms with van der Waals surface area (Å²) in [6.45, 7) is 0.405. The number of aliphatic imine (C=N–C) groups is 1. The fraction of sp³-hybridized carbons (Fsp3) is 0.429. The van der Waals surface area contributed by atoms with Crippen molar-refractivity contribution >= 4 is 29.6 Å². The topological polar surface area (TPSA) is 92.8 Å². The van der Waals surface area contributed by atoms with E-state index in [1.54, 1.807) is 24.0 Å². The normalized spacial score (nSPS) is 14.5. The third-order valence-corrected chi connectivity index (χ3v) is 4.36. The molecular weight excluding hydrogens is 292 g/mol. The number of hydrogen-bond donors (Lipinski definition) is 1. The molecule has 2 rings (SSSR count). The van der Waals surface area contributed by atoms with Crippen LogP contribution in [0.1, 0.15) is 31.2 Å². The third kappa shape index (κ3) is 5.18. The first-order valence-corrected chi connectivity index (χ1v) is 7.61. The van der Waals surface area contributed by atoms with E-state index in [4.69, 9.17) is 5.11 Å². The summed E-state index contributed by atoms with van der Waals surface area (Å²) < 4.78 is 0. The molecule has 0 amide bonds. The van der Waals surface area contributed by atoms with Crippen molar-refractivity contribution in [1.29, 1.82) is 0 Å². The van der Waals surface area contributed by atoms with E-state index in [0.717, 1.165) is 10.5 Å². The van der Waals surface area contributed by atoms with E-state index >= 15 is 0 Å². The minimum Gasteiger partial charge on any atom is -0.481 e. The molecule has 0 bridgehead atoms. The quantitative estimate of drug-likeness (QED) is 0.345. The first-order valence-electron chi connectivity index (χ1n) is 6.73. The number of benzene rings is 1. The molecule has 7 heteroatoms. The lowest BCUT2D eigenvalue weighted by molar-refractivity contribution is -0.384. The van der Waals surface area contributed by atoms with E-state index < -0.39 is 10.9 Å². The Bertz CT molecular complexity index is 570. The summed E-state index contributed by atoms with van der Waals surface area (Å²) in [7, 11) is 0. The van der Waals surface area contributed by atoms with Gasteiger partial charge < -0.3 is 5.11 Å². The standard InChI is InChI=1S/C14H16N2O4S/c17-14(18)2-1-7-15-9-10-8-11(16(19)20)3-6-13(10)21-12-4-5-12/h3,6,8-9,12H,1-2,4-5,7H2,(H,17,18). The van der Waals surface area contributed by atoms with Crippen molar-refractivity contribution in [3.05, 3.63) is 33.9 Å². The highest BCUT2D eigenvalue weighted by atomic mass is 32.2. The van der Waals surface area contributed by atoms with Crippen molar-refractivity contribution in [1.82, 2.24) is 0 Å². The summed E-state index contributed by atoms with van der Waals surface area (Å²) in [4.78, 5) is 26.0.